The molecule has 7 heteroatoms. The van der Waals surface area contributed by atoms with Crippen molar-refractivity contribution in [2.45, 2.75) is 25.9 Å². The number of rotatable bonds is 5. The fourth-order valence-corrected chi connectivity index (χ4v) is 4.23. The number of benzene rings is 1. The van der Waals surface area contributed by atoms with Gasteiger partial charge in [-0.3, -0.25) is 14.5 Å². The molecule has 0 bridgehead atoms. The van der Waals surface area contributed by atoms with Gasteiger partial charge in [-0.2, -0.15) is 0 Å². The lowest BCUT2D eigenvalue weighted by Gasteiger charge is -2.38. The van der Waals surface area contributed by atoms with Crippen LogP contribution in [0.4, 0.5) is 5.69 Å². The molecule has 1 aromatic carbocycles. The van der Waals surface area contributed by atoms with Crippen LogP contribution in [-0.4, -0.2) is 33.9 Å². The number of anilines is 1. The zero-order valence-corrected chi connectivity index (χ0v) is 17.8. The number of furan rings is 2. The average molecular weight is 429 g/mol. The molecule has 3 aromatic heterocycles. The van der Waals surface area contributed by atoms with Gasteiger partial charge in [-0.05, 0) is 62.4 Å². The normalized spacial score (nSPS) is 14.8. The van der Waals surface area contributed by atoms with Crippen LogP contribution in [0.25, 0.3) is 5.69 Å². The van der Waals surface area contributed by atoms with Gasteiger partial charge in [0.2, 0.25) is 5.91 Å². The zero-order chi connectivity index (χ0) is 22.2. The minimum absolute atomic E-state index is 0.0938. The topological polar surface area (TPSA) is 71.8 Å². The third kappa shape index (κ3) is 3.22. The zero-order valence-electron chi connectivity index (χ0n) is 17.8. The first kappa shape index (κ1) is 19.9. The van der Waals surface area contributed by atoms with Crippen LogP contribution in [0.15, 0.2) is 88.2 Å². The maximum absolute atomic E-state index is 13.8. The SMILES string of the molecule is CC(C)N(CC(=O)N1c2ccccc2-n2cccc2C1c1ccco1)C(=O)c1ccco1. The third-order valence-corrected chi connectivity index (χ3v) is 5.72. The van der Waals surface area contributed by atoms with E-state index < -0.39 is 6.04 Å². The Balaban J connectivity index is 1.57. The monoisotopic (exact) mass is 429 g/mol. The Hall–Kier alpha value is -4.00. The molecule has 1 aliphatic rings. The molecule has 0 radical (unpaired) electrons. The van der Waals surface area contributed by atoms with Gasteiger partial charge < -0.3 is 18.3 Å². The fraction of sp³-hybridized carbons (Fsp3) is 0.200. The quantitative estimate of drug-likeness (QED) is 0.463. The van der Waals surface area contributed by atoms with Crippen LogP contribution >= 0.6 is 0 Å². The first-order valence-corrected chi connectivity index (χ1v) is 10.5. The van der Waals surface area contributed by atoms with E-state index in [1.165, 1.54) is 11.2 Å². The summed E-state index contributed by atoms with van der Waals surface area (Å²) in [6, 6.07) is 18.0. The molecular weight excluding hydrogens is 406 g/mol. The highest BCUT2D eigenvalue weighted by molar-refractivity contribution is 6.02. The molecule has 32 heavy (non-hydrogen) atoms. The predicted molar refractivity (Wildman–Crippen MR) is 119 cm³/mol. The summed E-state index contributed by atoms with van der Waals surface area (Å²) in [6.07, 6.45) is 5.04. The number of carbonyl (C=O) groups is 2. The average Bonchev–Trinajstić information content (AvgIpc) is 3.57. The standard InChI is InChI=1S/C25H23N3O4/c1-17(2)27(25(30)22-12-7-15-32-22)16-23(29)28-19-9-4-3-8-18(19)26-13-5-10-20(26)24(28)21-11-6-14-31-21/h3-15,17,24H,16H2,1-2H3. The van der Waals surface area contributed by atoms with Crippen molar-refractivity contribution in [3.05, 3.63) is 96.6 Å². The third-order valence-electron chi connectivity index (χ3n) is 5.72. The van der Waals surface area contributed by atoms with Gasteiger partial charge in [0.05, 0.1) is 29.6 Å². The maximum atomic E-state index is 13.8. The molecule has 1 aliphatic heterocycles. The van der Waals surface area contributed by atoms with Gasteiger partial charge in [-0.1, -0.05) is 12.1 Å². The van der Waals surface area contributed by atoms with E-state index in [-0.39, 0.29) is 30.2 Å². The largest absolute Gasteiger partial charge is 0.467 e. The highest BCUT2D eigenvalue weighted by atomic mass is 16.3. The number of aromatic nitrogens is 1. The summed E-state index contributed by atoms with van der Waals surface area (Å²) in [4.78, 5) is 30.1. The van der Waals surface area contributed by atoms with Gasteiger partial charge in [0.15, 0.2) is 5.76 Å². The van der Waals surface area contributed by atoms with E-state index in [1.807, 2.05) is 68.6 Å². The van der Waals surface area contributed by atoms with Crippen LogP contribution in [0.1, 0.15) is 41.9 Å². The molecule has 0 saturated heterocycles. The summed E-state index contributed by atoms with van der Waals surface area (Å²) in [5, 5.41) is 0. The molecule has 2 amide bonds. The van der Waals surface area contributed by atoms with Gasteiger partial charge in [-0.25, -0.2) is 0 Å². The summed E-state index contributed by atoms with van der Waals surface area (Å²) in [5.74, 6) is 0.338. The first-order valence-electron chi connectivity index (χ1n) is 10.5. The predicted octanol–water partition coefficient (Wildman–Crippen LogP) is 4.65. The van der Waals surface area contributed by atoms with E-state index in [0.717, 1.165) is 17.1 Å². The van der Waals surface area contributed by atoms with E-state index in [9.17, 15) is 9.59 Å². The molecule has 162 valence electrons. The van der Waals surface area contributed by atoms with Gasteiger partial charge in [-0.15, -0.1) is 0 Å². The second kappa shape index (κ2) is 7.92. The lowest BCUT2D eigenvalue weighted by molar-refractivity contribution is -0.120. The molecule has 1 unspecified atom stereocenters. The van der Waals surface area contributed by atoms with Crippen molar-refractivity contribution in [2.75, 3.05) is 11.4 Å². The van der Waals surface area contributed by atoms with Gasteiger partial charge >= 0.3 is 0 Å². The number of amides is 2. The van der Waals surface area contributed by atoms with E-state index in [2.05, 4.69) is 4.57 Å². The van der Waals surface area contributed by atoms with Crippen molar-refractivity contribution in [2.24, 2.45) is 0 Å². The van der Waals surface area contributed by atoms with Crippen LogP contribution in [0.2, 0.25) is 0 Å². The summed E-state index contributed by atoms with van der Waals surface area (Å²) in [7, 11) is 0. The summed E-state index contributed by atoms with van der Waals surface area (Å²) in [6.45, 7) is 3.67. The lowest BCUT2D eigenvalue weighted by atomic mass is 10.0. The summed E-state index contributed by atoms with van der Waals surface area (Å²) < 4.78 is 13.1. The van der Waals surface area contributed by atoms with E-state index in [4.69, 9.17) is 8.83 Å². The van der Waals surface area contributed by atoms with E-state index in [1.54, 1.807) is 23.3 Å². The molecule has 4 heterocycles. The van der Waals surface area contributed by atoms with E-state index >= 15 is 0 Å². The lowest BCUT2D eigenvalue weighted by Crippen LogP contribution is -2.48. The van der Waals surface area contributed by atoms with Crippen molar-refractivity contribution in [1.82, 2.24) is 9.47 Å². The Kier molecular flexibility index (Phi) is 4.93. The summed E-state index contributed by atoms with van der Waals surface area (Å²) in [5.41, 5.74) is 2.58. The number of fused-ring (bicyclic) bond motifs is 3. The Labute approximate surface area is 185 Å². The number of para-hydroxylation sites is 2. The molecule has 7 nitrogen and oxygen atoms in total. The fourth-order valence-electron chi connectivity index (χ4n) is 4.23. The second-order valence-corrected chi connectivity index (χ2v) is 7.98. The minimum Gasteiger partial charge on any atom is -0.467 e. The molecular formula is C25H23N3O4. The molecule has 1 atom stereocenters. The minimum atomic E-state index is -0.449. The Morgan fingerprint density at radius 3 is 2.38 bits per heavy atom. The first-order chi connectivity index (χ1) is 15.6. The Morgan fingerprint density at radius 2 is 1.69 bits per heavy atom. The number of nitrogens with zero attached hydrogens (tertiary/aromatic N) is 3. The van der Waals surface area contributed by atoms with Gasteiger partial charge in [0, 0.05) is 12.2 Å². The van der Waals surface area contributed by atoms with E-state index in [0.29, 0.717) is 5.76 Å². The highest BCUT2D eigenvalue weighted by Gasteiger charge is 2.38. The van der Waals surface area contributed by atoms with Crippen LogP contribution in [0.5, 0.6) is 0 Å². The van der Waals surface area contributed by atoms with Crippen molar-refractivity contribution in [3.63, 3.8) is 0 Å². The molecule has 0 N–H and O–H groups in total. The highest BCUT2D eigenvalue weighted by Crippen LogP contribution is 2.42. The van der Waals surface area contributed by atoms with Gasteiger partial charge in [0.25, 0.3) is 5.91 Å². The van der Waals surface area contributed by atoms with Crippen molar-refractivity contribution < 1.29 is 18.4 Å². The molecule has 0 spiro atoms. The molecule has 4 aromatic rings. The second-order valence-electron chi connectivity index (χ2n) is 7.98. The molecule has 0 saturated carbocycles. The smallest absolute Gasteiger partial charge is 0.290 e. The number of hydrogen-bond acceptors (Lipinski definition) is 4. The number of hydrogen-bond donors (Lipinski definition) is 0. The van der Waals surface area contributed by atoms with Crippen LogP contribution in [0.3, 0.4) is 0 Å². The van der Waals surface area contributed by atoms with Crippen LogP contribution in [0, 0.1) is 0 Å². The molecule has 0 aliphatic carbocycles. The molecule has 5 rings (SSSR count). The van der Waals surface area contributed by atoms with Crippen molar-refractivity contribution in [3.8, 4) is 5.69 Å². The van der Waals surface area contributed by atoms with Crippen molar-refractivity contribution in [1.29, 1.82) is 0 Å². The molecule has 0 fully saturated rings. The Bertz CT molecular complexity index is 1240. The Morgan fingerprint density at radius 1 is 0.938 bits per heavy atom. The van der Waals surface area contributed by atoms with Gasteiger partial charge in [0.1, 0.15) is 18.3 Å². The van der Waals surface area contributed by atoms with Crippen LogP contribution < -0.4 is 4.90 Å². The summed E-state index contributed by atoms with van der Waals surface area (Å²) >= 11 is 0. The van der Waals surface area contributed by atoms with Crippen molar-refractivity contribution >= 4 is 17.5 Å². The van der Waals surface area contributed by atoms with Crippen LogP contribution in [-0.2, 0) is 4.79 Å². The number of carbonyl (C=O) groups excluding carboxylic acids is 2. The maximum Gasteiger partial charge on any atom is 0.290 e.